The molecule has 4 rings (SSSR count). The summed E-state index contributed by atoms with van der Waals surface area (Å²) in [4.78, 5) is 39.9. The molecule has 14 heteroatoms. The minimum atomic E-state index is -0.865. The number of aldehydes is 1. The number of hydrogen-bond acceptors (Lipinski definition) is 12. The average Bonchev–Trinajstić information content (AvgIpc) is 3.39. The van der Waals surface area contributed by atoms with Crippen molar-refractivity contribution in [2.24, 2.45) is 0 Å². The van der Waals surface area contributed by atoms with Gasteiger partial charge >= 0.3 is 5.97 Å². The van der Waals surface area contributed by atoms with Gasteiger partial charge in [-0.05, 0) is 72.0 Å². The van der Waals surface area contributed by atoms with Gasteiger partial charge in [0.1, 0.15) is 27.5 Å². The second-order valence-corrected chi connectivity index (χ2v) is 9.92. The van der Waals surface area contributed by atoms with Crippen LogP contribution in [0.5, 0.6) is 17.2 Å². The summed E-state index contributed by atoms with van der Waals surface area (Å²) in [6, 6.07) is 22.4. The van der Waals surface area contributed by atoms with Crippen LogP contribution in [0.4, 0.5) is 0 Å². The molecule has 0 bridgehead atoms. The molecule has 0 saturated heterocycles. The molecule has 0 aliphatic rings. The second-order valence-electron chi connectivity index (χ2n) is 7.01. The van der Waals surface area contributed by atoms with Crippen LogP contribution in [0.25, 0.3) is 10.4 Å². The number of ether oxygens (including phenoxy) is 2. The van der Waals surface area contributed by atoms with E-state index in [1.54, 1.807) is 69.2 Å². The minimum absolute atomic E-state index is 0. The van der Waals surface area contributed by atoms with Gasteiger partial charge in [0.25, 0.3) is 5.09 Å². The molecule has 1 heterocycles. The van der Waals surface area contributed by atoms with E-state index in [0.717, 1.165) is 14.3 Å². The van der Waals surface area contributed by atoms with Gasteiger partial charge in [-0.15, -0.1) is 10.1 Å². The van der Waals surface area contributed by atoms with Crippen LogP contribution in [0.1, 0.15) is 15.9 Å². The van der Waals surface area contributed by atoms with Gasteiger partial charge in [0.05, 0.1) is 7.11 Å². The number of carbonyl (C=O) groups excluding carboxylic acids is 2. The van der Waals surface area contributed by atoms with Crippen LogP contribution in [0.15, 0.2) is 78.9 Å². The van der Waals surface area contributed by atoms with E-state index in [-0.39, 0.29) is 45.1 Å². The third kappa shape index (κ3) is 11.9. The molecule has 207 valence electrons. The number of benzene rings is 3. The SMILES string of the molecule is COc1ccccc1C(=O)Oc1ccc(-c2cc(=S)ss2)cc1.O=[N+]([O-])OCc1ccc(OO)cc1.[CH2-]C=O.[Y]. The Morgan fingerprint density at radius 1 is 1.05 bits per heavy atom. The Kier molecular flexibility index (Phi) is 16.5. The average molecular weight is 678 g/mol. The smallest absolute Gasteiger partial charge is 0.347 e. The molecule has 1 aromatic heterocycles. The zero-order valence-electron chi connectivity index (χ0n) is 21.0. The van der Waals surface area contributed by atoms with E-state index in [1.807, 2.05) is 18.2 Å². The molecule has 4 aromatic rings. The maximum absolute atomic E-state index is 12.2. The number of esters is 1. The van der Waals surface area contributed by atoms with Crippen LogP contribution in [-0.2, 0) is 48.9 Å². The first-order valence-corrected chi connectivity index (χ1v) is 13.3. The minimum Gasteiger partial charge on any atom is -0.496 e. The van der Waals surface area contributed by atoms with Gasteiger partial charge in [0.15, 0.2) is 5.75 Å². The van der Waals surface area contributed by atoms with Gasteiger partial charge < -0.3 is 30.9 Å². The van der Waals surface area contributed by atoms with Gasteiger partial charge in [-0.3, -0.25) is 0 Å². The summed E-state index contributed by atoms with van der Waals surface area (Å²) in [7, 11) is 4.73. The Balaban J connectivity index is 0.000000401. The molecule has 0 aliphatic carbocycles. The predicted molar refractivity (Wildman–Crippen MR) is 149 cm³/mol. The van der Waals surface area contributed by atoms with Crippen molar-refractivity contribution in [3.63, 3.8) is 0 Å². The molecule has 0 spiro atoms. The number of hydrogen-bond donors (Lipinski definition) is 1. The molecular weight excluding hydrogens is 655 g/mol. The molecule has 0 fully saturated rings. The standard InChI is InChI=1S/C17H12O3S3.C7H7NO5.C2H3O.Y/c1-19-14-5-3-2-4-13(14)17(18)20-12-8-6-11(7-9-12)15-10-16(21)23-22-15;9-8(10)12-5-6-1-3-7(13-11)4-2-6;1-2-3;/h2-10H,1H3;1-4,11H,5H2;2H,1H2;/q;;-1;. The third-order valence-corrected chi connectivity index (χ3v) is 7.41. The van der Waals surface area contributed by atoms with Crippen molar-refractivity contribution in [3.8, 4) is 27.7 Å². The quantitative estimate of drug-likeness (QED) is 0.0247. The van der Waals surface area contributed by atoms with Crippen molar-refractivity contribution in [2.75, 3.05) is 7.11 Å². The Morgan fingerprint density at radius 2 is 1.65 bits per heavy atom. The topological polar surface area (TPSA) is 134 Å². The molecule has 0 aliphatic heterocycles. The molecule has 3 aromatic carbocycles. The van der Waals surface area contributed by atoms with E-state index in [0.29, 0.717) is 28.9 Å². The van der Waals surface area contributed by atoms with Crippen LogP contribution in [0, 0.1) is 20.9 Å². The van der Waals surface area contributed by atoms with Gasteiger partial charge in [0.2, 0.25) is 0 Å². The molecular formula is C26H22NO9S3Y-. The zero-order chi connectivity index (χ0) is 28.6. The third-order valence-electron chi connectivity index (χ3n) is 4.50. The van der Waals surface area contributed by atoms with Crippen molar-refractivity contribution < 1.29 is 71.8 Å². The number of carbonyl (C=O) groups is 2. The van der Waals surface area contributed by atoms with E-state index in [2.05, 4.69) is 16.6 Å². The number of nitrogens with zero attached hydrogens (tertiary/aromatic N) is 1. The van der Waals surface area contributed by atoms with E-state index in [9.17, 15) is 14.9 Å². The molecule has 1 radical (unpaired) electrons. The van der Waals surface area contributed by atoms with Gasteiger partial charge in [0, 0.05) is 37.6 Å². The second kappa shape index (κ2) is 19.0. The first-order valence-electron chi connectivity index (χ1n) is 10.8. The first-order chi connectivity index (χ1) is 18.8. The maximum atomic E-state index is 12.2. The first kappa shape index (κ1) is 34.8. The van der Waals surface area contributed by atoms with Crippen molar-refractivity contribution in [1.29, 1.82) is 0 Å². The molecule has 0 unspecified atom stereocenters. The van der Waals surface area contributed by atoms with Gasteiger partial charge in [-0.25, -0.2) is 10.1 Å². The summed E-state index contributed by atoms with van der Waals surface area (Å²) >= 11 is 5.14. The summed E-state index contributed by atoms with van der Waals surface area (Å²) in [6.45, 7) is 2.69. The van der Waals surface area contributed by atoms with Crippen molar-refractivity contribution in [1.82, 2.24) is 0 Å². The van der Waals surface area contributed by atoms with Crippen LogP contribution in [-0.4, -0.2) is 29.7 Å². The molecule has 40 heavy (non-hydrogen) atoms. The van der Waals surface area contributed by atoms with Crippen molar-refractivity contribution in [2.45, 2.75) is 6.61 Å². The summed E-state index contributed by atoms with van der Waals surface area (Å²) in [6.07, 6.45) is 0.500. The fraction of sp³-hybridized carbons (Fsp3) is 0.0769. The monoisotopic (exact) mass is 677 g/mol. The molecule has 10 nitrogen and oxygen atoms in total. The fourth-order valence-electron chi connectivity index (χ4n) is 2.81. The van der Waals surface area contributed by atoms with Crippen molar-refractivity contribution in [3.05, 3.63) is 111 Å². The number of rotatable bonds is 8. The summed E-state index contributed by atoms with van der Waals surface area (Å²) in [5.41, 5.74) is 2.08. The number of para-hydroxylation sites is 1. The number of methoxy groups -OCH3 is 1. The van der Waals surface area contributed by atoms with Crippen LogP contribution < -0.4 is 14.4 Å². The molecule has 0 atom stereocenters. The Labute approximate surface area is 267 Å². The summed E-state index contributed by atoms with van der Waals surface area (Å²) in [5, 5.41) is 17.2. The molecule has 1 N–H and O–H groups in total. The van der Waals surface area contributed by atoms with Crippen LogP contribution >= 0.6 is 32.9 Å². The largest absolute Gasteiger partial charge is 0.496 e. The van der Waals surface area contributed by atoms with Gasteiger partial charge in [-0.2, -0.15) is 0 Å². The Hall–Kier alpha value is -3.20. The van der Waals surface area contributed by atoms with E-state index >= 15 is 0 Å². The zero-order valence-corrected chi connectivity index (χ0v) is 26.2. The predicted octanol–water partition coefficient (Wildman–Crippen LogP) is 6.70. The van der Waals surface area contributed by atoms with Crippen LogP contribution in [0.3, 0.4) is 0 Å². The normalized spacial score (nSPS) is 9.25. The fourth-order valence-corrected chi connectivity index (χ4v) is 5.21. The Bertz CT molecular complexity index is 1410. The Morgan fingerprint density at radius 3 is 2.17 bits per heavy atom. The van der Waals surface area contributed by atoms with Crippen molar-refractivity contribution >= 4 is 45.2 Å². The molecule has 0 amide bonds. The summed E-state index contributed by atoms with van der Waals surface area (Å²) in [5.74, 6) is 0.807. The van der Waals surface area contributed by atoms with E-state index in [1.165, 1.54) is 19.2 Å². The summed E-state index contributed by atoms with van der Waals surface area (Å²) < 4.78 is 11.5. The van der Waals surface area contributed by atoms with Crippen LogP contribution in [0.2, 0.25) is 0 Å². The van der Waals surface area contributed by atoms with E-state index < -0.39 is 11.1 Å². The molecule has 0 saturated carbocycles. The maximum Gasteiger partial charge on any atom is 0.347 e. The van der Waals surface area contributed by atoms with E-state index in [4.69, 9.17) is 31.7 Å². The van der Waals surface area contributed by atoms with Gasteiger partial charge in [-0.1, -0.05) is 57.2 Å².